The monoisotopic (exact) mass is 283 g/mol. The van der Waals surface area contributed by atoms with Gasteiger partial charge in [-0.25, -0.2) is 0 Å². The zero-order valence-corrected chi connectivity index (χ0v) is 12.8. The summed E-state index contributed by atoms with van der Waals surface area (Å²) < 4.78 is 0. The molecule has 0 bridgehead atoms. The van der Waals surface area contributed by atoms with Crippen LogP contribution in [0.25, 0.3) is 0 Å². The Balaban J connectivity index is 2.11. The second kappa shape index (κ2) is 4.83. The number of carbonyl (C=O) groups is 2. The lowest BCUT2D eigenvalue weighted by atomic mass is 9.69. The number of rotatable bonds is 1. The van der Waals surface area contributed by atoms with Gasteiger partial charge in [-0.3, -0.25) is 9.59 Å². The fourth-order valence-corrected chi connectivity index (χ4v) is 3.60. The number of hydrogen-bond donors (Lipinski definition) is 1. The van der Waals surface area contributed by atoms with E-state index in [0.717, 1.165) is 28.8 Å². The molecule has 1 atom stereocenters. The Morgan fingerprint density at radius 1 is 1.14 bits per heavy atom. The normalized spacial score (nSPS) is 24.6. The van der Waals surface area contributed by atoms with Gasteiger partial charge in [-0.15, -0.1) is 0 Å². The standard InChI is InChI=1S/C18H21NO2/c1-11-6-4-5-7-12(11)13-8-16(21)19-14-9-18(2,3)10-15(20)17(13)14/h4-7,13H,8-10H2,1-3H3,(H,19,21)/t13-/m0/s1. The van der Waals surface area contributed by atoms with E-state index in [2.05, 4.69) is 19.2 Å². The Kier molecular flexibility index (Phi) is 3.23. The fraction of sp³-hybridized carbons (Fsp3) is 0.444. The third-order valence-electron chi connectivity index (χ3n) is 4.51. The number of aryl methyl sites for hydroxylation is 1. The minimum Gasteiger partial charge on any atom is -0.329 e. The van der Waals surface area contributed by atoms with Gasteiger partial charge in [-0.05, 0) is 29.9 Å². The van der Waals surface area contributed by atoms with Crippen molar-refractivity contribution in [3.05, 3.63) is 46.7 Å². The molecule has 1 aromatic rings. The predicted octanol–water partition coefficient (Wildman–Crippen LogP) is 3.24. The molecular weight excluding hydrogens is 262 g/mol. The Labute approximate surface area is 125 Å². The number of Topliss-reactive ketones (excluding diaryl/α,β-unsaturated/α-hetero) is 1. The van der Waals surface area contributed by atoms with Crippen molar-refractivity contribution in [1.29, 1.82) is 0 Å². The van der Waals surface area contributed by atoms with E-state index >= 15 is 0 Å². The van der Waals surface area contributed by atoms with Crippen molar-refractivity contribution in [2.45, 2.75) is 46.0 Å². The average molecular weight is 283 g/mol. The summed E-state index contributed by atoms with van der Waals surface area (Å²) in [5.74, 6) is 0.126. The van der Waals surface area contributed by atoms with Crippen molar-refractivity contribution >= 4 is 11.7 Å². The van der Waals surface area contributed by atoms with Crippen LogP contribution in [0, 0.1) is 12.3 Å². The van der Waals surface area contributed by atoms with E-state index in [9.17, 15) is 9.59 Å². The van der Waals surface area contributed by atoms with Crippen molar-refractivity contribution in [2.24, 2.45) is 5.41 Å². The van der Waals surface area contributed by atoms with E-state index in [1.807, 2.05) is 31.2 Å². The van der Waals surface area contributed by atoms with Gasteiger partial charge in [0.25, 0.3) is 0 Å². The molecule has 1 amide bonds. The van der Waals surface area contributed by atoms with Gasteiger partial charge in [0, 0.05) is 30.0 Å². The van der Waals surface area contributed by atoms with Gasteiger partial charge >= 0.3 is 0 Å². The van der Waals surface area contributed by atoms with Crippen molar-refractivity contribution < 1.29 is 9.59 Å². The number of benzene rings is 1. The molecular formula is C18H21NO2. The SMILES string of the molecule is Cc1ccccc1[C@@H]1CC(=O)NC2=C1C(=O)CC(C)(C)C2. The zero-order valence-electron chi connectivity index (χ0n) is 12.8. The van der Waals surface area contributed by atoms with Crippen LogP contribution in [0.15, 0.2) is 35.5 Å². The Hall–Kier alpha value is -1.90. The highest BCUT2D eigenvalue weighted by Gasteiger charge is 2.40. The first kappa shape index (κ1) is 14.1. The van der Waals surface area contributed by atoms with E-state index < -0.39 is 0 Å². The van der Waals surface area contributed by atoms with E-state index in [1.54, 1.807) is 0 Å². The number of ketones is 1. The zero-order chi connectivity index (χ0) is 15.2. The lowest BCUT2D eigenvalue weighted by molar-refractivity contribution is -0.122. The van der Waals surface area contributed by atoms with E-state index in [0.29, 0.717) is 12.8 Å². The lowest BCUT2D eigenvalue weighted by Crippen LogP contribution is -2.40. The summed E-state index contributed by atoms with van der Waals surface area (Å²) in [6.45, 7) is 6.20. The maximum absolute atomic E-state index is 12.6. The number of carbonyl (C=O) groups excluding carboxylic acids is 2. The highest BCUT2D eigenvalue weighted by Crippen LogP contribution is 2.44. The average Bonchev–Trinajstić information content (AvgIpc) is 2.36. The van der Waals surface area contributed by atoms with Crippen LogP contribution in [-0.4, -0.2) is 11.7 Å². The van der Waals surface area contributed by atoms with Crippen LogP contribution in [-0.2, 0) is 9.59 Å². The molecule has 0 aromatic heterocycles. The Bertz CT molecular complexity index is 655. The van der Waals surface area contributed by atoms with Crippen molar-refractivity contribution in [3.63, 3.8) is 0 Å². The molecule has 3 heteroatoms. The molecule has 3 rings (SSSR count). The molecule has 110 valence electrons. The van der Waals surface area contributed by atoms with Gasteiger partial charge in [0.1, 0.15) is 0 Å². The van der Waals surface area contributed by atoms with Gasteiger partial charge in [0.05, 0.1) is 0 Å². The number of nitrogens with one attached hydrogen (secondary N) is 1. The van der Waals surface area contributed by atoms with Crippen LogP contribution >= 0.6 is 0 Å². The molecule has 0 radical (unpaired) electrons. The molecule has 0 unspecified atom stereocenters. The number of hydrogen-bond acceptors (Lipinski definition) is 2. The topological polar surface area (TPSA) is 46.2 Å². The van der Waals surface area contributed by atoms with Crippen LogP contribution in [0.3, 0.4) is 0 Å². The summed E-state index contributed by atoms with van der Waals surface area (Å²) in [6, 6.07) is 8.05. The molecule has 0 saturated carbocycles. The van der Waals surface area contributed by atoms with Crippen molar-refractivity contribution in [2.75, 3.05) is 0 Å². The highest BCUT2D eigenvalue weighted by atomic mass is 16.2. The smallest absolute Gasteiger partial charge is 0.225 e. The van der Waals surface area contributed by atoms with Crippen molar-refractivity contribution in [3.8, 4) is 0 Å². The minimum absolute atomic E-state index is 0.0208. The van der Waals surface area contributed by atoms with Crippen LogP contribution in [0.1, 0.15) is 50.2 Å². The maximum atomic E-state index is 12.6. The molecule has 0 fully saturated rings. The summed E-state index contributed by atoms with van der Waals surface area (Å²) in [4.78, 5) is 24.7. The first-order valence-electron chi connectivity index (χ1n) is 7.49. The van der Waals surface area contributed by atoms with Crippen molar-refractivity contribution in [1.82, 2.24) is 5.32 Å². The lowest BCUT2D eigenvalue weighted by Gasteiger charge is -2.38. The quantitative estimate of drug-likeness (QED) is 0.860. The molecule has 1 heterocycles. The molecule has 2 aliphatic rings. The third kappa shape index (κ3) is 2.53. The predicted molar refractivity (Wildman–Crippen MR) is 81.7 cm³/mol. The van der Waals surface area contributed by atoms with Crippen LogP contribution in [0.4, 0.5) is 0 Å². The molecule has 1 aromatic carbocycles. The maximum Gasteiger partial charge on any atom is 0.225 e. The summed E-state index contributed by atoms with van der Waals surface area (Å²) in [6.07, 6.45) is 1.70. The summed E-state index contributed by atoms with van der Waals surface area (Å²) in [5, 5.41) is 2.94. The van der Waals surface area contributed by atoms with Gasteiger partial charge in [0.15, 0.2) is 5.78 Å². The van der Waals surface area contributed by atoms with Gasteiger partial charge in [-0.2, -0.15) is 0 Å². The van der Waals surface area contributed by atoms with Crippen LogP contribution < -0.4 is 5.32 Å². The Morgan fingerprint density at radius 3 is 2.57 bits per heavy atom. The highest BCUT2D eigenvalue weighted by molar-refractivity contribution is 6.02. The molecule has 1 aliphatic heterocycles. The molecule has 1 aliphatic carbocycles. The van der Waals surface area contributed by atoms with E-state index in [4.69, 9.17) is 0 Å². The molecule has 3 nitrogen and oxygen atoms in total. The first-order chi connectivity index (χ1) is 9.87. The largest absolute Gasteiger partial charge is 0.329 e. The molecule has 21 heavy (non-hydrogen) atoms. The number of amides is 1. The van der Waals surface area contributed by atoms with Gasteiger partial charge in [0.2, 0.25) is 5.91 Å². The second-order valence-electron chi connectivity index (χ2n) is 6.99. The summed E-state index contributed by atoms with van der Waals surface area (Å²) in [5.41, 5.74) is 3.86. The summed E-state index contributed by atoms with van der Waals surface area (Å²) >= 11 is 0. The minimum atomic E-state index is -0.0847. The molecule has 0 spiro atoms. The van der Waals surface area contributed by atoms with E-state index in [-0.39, 0.29) is 23.0 Å². The van der Waals surface area contributed by atoms with Crippen LogP contribution in [0.5, 0.6) is 0 Å². The van der Waals surface area contributed by atoms with Gasteiger partial charge < -0.3 is 5.32 Å². The second-order valence-corrected chi connectivity index (χ2v) is 6.99. The van der Waals surface area contributed by atoms with Gasteiger partial charge in [-0.1, -0.05) is 38.1 Å². The first-order valence-corrected chi connectivity index (χ1v) is 7.49. The molecule has 0 saturated heterocycles. The van der Waals surface area contributed by atoms with E-state index in [1.165, 1.54) is 0 Å². The fourth-order valence-electron chi connectivity index (χ4n) is 3.60. The Morgan fingerprint density at radius 2 is 1.86 bits per heavy atom. The number of allylic oxidation sites excluding steroid dienone is 2. The summed E-state index contributed by atoms with van der Waals surface area (Å²) in [7, 11) is 0. The van der Waals surface area contributed by atoms with Crippen LogP contribution in [0.2, 0.25) is 0 Å². The molecule has 1 N–H and O–H groups in total. The third-order valence-corrected chi connectivity index (χ3v) is 4.51.